The molecule has 0 bridgehead atoms. The summed E-state index contributed by atoms with van der Waals surface area (Å²) in [5, 5.41) is 29.1. The van der Waals surface area contributed by atoms with Gasteiger partial charge in [-0.2, -0.15) is 5.10 Å². The van der Waals surface area contributed by atoms with Crippen LogP contribution in [0.1, 0.15) is 37.3 Å². The molecule has 3 N–H and O–H groups in total. The number of hydrogen-bond acceptors (Lipinski definition) is 10. The van der Waals surface area contributed by atoms with Crippen LogP contribution in [0.3, 0.4) is 0 Å². The van der Waals surface area contributed by atoms with Crippen LogP contribution in [0.5, 0.6) is 0 Å². The topological polar surface area (TPSA) is 174 Å². The van der Waals surface area contributed by atoms with Gasteiger partial charge in [0.25, 0.3) is 5.56 Å². The van der Waals surface area contributed by atoms with Crippen LogP contribution in [0.15, 0.2) is 108 Å². The number of ether oxygens (including phenoxy) is 2. The normalized spacial score (nSPS) is 23.2. The predicted octanol–water partition coefficient (Wildman–Crippen LogP) is 2.10. The van der Waals surface area contributed by atoms with Crippen molar-refractivity contribution in [2.24, 2.45) is 0 Å². The number of hydrogen-bond donors (Lipinski definition) is 3. The number of nitrogens with one attached hydrogen (secondary N) is 1. The van der Waals surface area contributed by atoms with E-state index in [-0.39, 0.29) is 27.7 Å². The van der Waals surface area contributed by atoms with Crippen molar-refractivity contribution in [3.05, 3.63) is 131 Å². The SMILES string of the molecule is O=C(OC[C@@H]1O[C@H](n2ncc3c(=O)[nH]cnc32)[C@](O)(C(=O)c2ccccc2)[C@]1(O)C(=O)c1ccccc1)c1ccccc1. The van der Waals surface area contributed by atoms with Gasteiger partial charge in [-0.3, -0.25) is 14.4 Å². The maximum absolute atomic E-state index is 14.3. The number of benzene rings is 3. The molecular formula is C31H24N4O8. The molecule has 1 saturated heterocycles. The van der Waals surface area contributed by atoms with Crippen LogP contribution >= 0.6 is 0 Å². The fraction of sp³-hybridized carbons (Fsp3) is 0.161. The Balaban J connectivity index is 1.53. The molecule has 1 aliphatic rings. The molecule has 3 heterocycles. The standard InChI is InChI=1S/C31H24N4O8/c36-24(19-10-4-1-5-11-19)30(40)23(17-42-28(39)21-14-8-3-9-15-21)43-29(31(30,41)25(37)20-12-6-2-7-13-20)35-26-22(16-34-35)27(38)33-18-32-26/h1-16,18,23,29,40-41H,17H2,(H,32,33,38)/t23-,29-,30+,31+/m0/s1. The van der Waals surface area contributed by atoms with Crippen molar-refractivity contribution in [3.8, 4) is 0 Å². The van der Waals surface area contributed by atoms with E-state index in [0.29, 0.717) is 0 Å². The predicted molar refractivity (Wildman–Crippen MR) is 150 cm³/mol. The average molecular weight is 581 g/mol. The molecule has 0 saturated carbocycles. The average Bonchev–Trinajstić information content (AvgIpc) is 3.58. The van der Waals surface area contributed by atoms with Gasteiger partial charge < -0.3 is 24.7 Å². The van der Waals surface area contributed by atoms with E-state index in [0.717, 1.165) is 17.2 Å². The highest BCUT2D eigenvalue weighted by atomic mass is 16.6. The summed E-state index contributed by atoms with van der Waals surface area (Å²) >= 11 is 0. The quantitative estimate of drug-likeness (QED) is 0.182. The highest BCUT2D eigenvalue weighted by Crippen LogP contribution is 2.49. The van der Waals surface area contributed by atoms with Crippen LogP contribution in [0.2, 0.25) is 0 Å². The van der Waals surface area contributed by atoms with Gasteiger partial charge in [0.1, 0.15) is 18.1 Å². The summed E-state index contributed by atoms with van der Waals surface area (Å²) in [6.07, 6.45) is -1.43. The molecule has 43 heavy (non-hydrogen) atoms. The van der Waals surface area contributed by atoms with Crippen LogP contribution in [0.4, 0.5) is 0 Å². The molecule has 12 nitrogen and oxygen atoms in total. The maximum atomic E-state index is 14.3. The van der Waals surface area contributed by atoms with Gasteiger partial charge in [-0.05, 0) is 12.1 Å². The fourth-order valence-electron chi connectivity index (χ4n) is 5.26. The minimum Gasteiger partial charge on any atom is -0.459 e. The lowest BCUT2D eigenvalue weighted by Crippen LogP contribution is -2.67. The minimum atomic E-state index is -3.06. The largest absolute Gasteiger partial charge is 0.459 e. The molecule has 4 atom stereocenters. The van der Waals surface area contributed by atoms with Gasteiger partial charge in [0, 0.05) is 11.1 Å². The Labute approximate surface area is 243 Å². The Bertz CT molecular complexity index is 1880. The van der Waals surface area contributed by atoms with Crippen LogP contribution in [0, 0.1) is 0 Å². The summed E-state index contributed by atoms with van der Waals surface area (Å²) in [5.41, 5.74) is -6.65. The minimum absolute atomic E-state index is 0.00232. The highest BCUT2D eigenvalue weighted by molar-refractivity contribution is 6.13. The van der Waals surface area contributed by atoms with E-state index in [9.17, 15) is 29.4 Å². The summed E-state index contributed by atoms with van der Waals surface area (Å²) in [7, 11) is 0. The molecule has 0 aliphatic carbocycles. The first-order chi connectivity index (χ1) is 20.8. The number of esters is 1. The molecule has 6 rings (SSSR count). The van der Waals surface area contributed by atoms with Gasteiger partial charge in [0.05, 0.1) is 18.1 Å². The number of H-pyrrole nitrogens is 1. The van der Waals surface area contributed by atoms with Crippen molar-refractivity contribution in [3.63, 3.8) is 0 Å². The first-order valence-electron chi connectivity index (χ1n) is 13.2. The lowest BCUT2D eigenvalue weighted by molar-refractivity contribution is -0.107. The molecule has 0 amide bonds. The summed E-state index contributed by atoms with van der Waals surface area (Å²) in [4.78, 5) is 60.3. The third kappa shape index (κ3) is 4.45. The Morgan fingerprint density at radius 1 is 0.837 bits per heavy atom. The van der Waals surface area contributed by atoms with Gasteiger partial charge in [0.15, 0.2) is 17.5 Å². The summed E-state index contributed by atoms with van der Waals surface area (Å²) in [6, 6.07) is 23.1. The van der Waals surface area contributed by atoms with Crippen molar-refractivity contribution >= 4 is 28.6 Å². The van der Waals surface area contributed by atoms with Crippen molar-refractivity contribution < 1.29 is 34.1 Å². The Hall–Kier alpha value is -5.30. The van der Waals surface area contributed by atoms with E-state index in [1.165, 1.54) is 36.4 Å². The highest BCUT2D eigenvalue weighted by Gasteiger charge is 2.74. The second-order valence-electron chi connectivity index (χ2n) is 9.92. The van der Waals surface area contributed by atoms with Crippen LogP contribution in [-0.2, 0) is 9.47 Å². The summed E-state index contributed by atoms with van der Waals surface area (Å²) < 4.78 is 12.5. The lowest BCUT2D eigenvalue weighted by atomic mass is 9.71. The van der Waals surface area contributed by atoms with E-state index in [2.05, 4.69) is 15.1 Å². The van der Waals surface area contributed by atoms with Crippen LogP contribution in [0.25, 0.3) is 11.0 Å². The molecule has 3 aromatic carbocycles. The first-order valence-corrected chi connectivity index (χ1v) is 13.2. The van der Waals surface area contributed by atoms with Crippen molar-refractivity contribution in [2.75, 3.05) is 6.61 Å². The fourth-order valence-corrected chi connectivity index (χ4v) is 5.26. The molecule has 0 spiro atoms. The Morgan fingerprint density at radius 2 is 1.37 bits per heavy atom. The Kier molecular flexibility index (Phi) is 7.02. The molecule has 216 valence electrons. The number of ketones is 2. The smallest absolute Gasteiger partial charge is 0.338 e. The van der Waals surface area contributed by atoms with Gasteiger partial charge in [-0.1, -0.05) is 78.9 Å². The van der Waals surface area contributed by atoms with E-state index in [4.69, 9.17) is 9.47 Å². The third-order valence-electron chi connectivity index (χ3n) is 7.46. The van der Waals surface area contributed by atoms with E-state index in [1.807, 2.05) is 0 Å². The molecule has 1 aliphatic heterocycles. The van der Waals surface area contributed by atoms with Gasteiger partial charge in [-0.25, -0.2) is 14.5 Å². The van der Waals surface area contributed by atoms with E-state index in [1.54, 1.807) is 54.6 Å². The van der Waals surface area contributed by atoms with Gasteiger partial charge >= 0.3 is 5.97 Å². The monoisotopic (exact) mass is 580 g/mol. The molecule has 0 unspecified atom stereocenters. The van der Waals surface area contributed by atoms with Crippen molar-refractivity contribution in [1.82, 2.24) is 19.7 Å². The summed E-state index contributed by atoms with van der Waals surface area (Å²) in [5.74, 6) is -2.93. The molecule has 12 heteroatoms. The van der Waals surface area contributed by atoms with Crippen molar-refractivity contribution in [2.45, 2.75) is 23.5 Å². The number of Topliss-reactive ketones (excluding diaryl/α,β-unsaturated/α-hetero) is 2. The number of carbonyl (C=O) groups excluding carboxylic acids is 3. The number of aromatic amines is 1. The lowest BCUT2D eigenvalue weighted by Gasteiger charge is -2.38. The van der Waals surface area contributed by atoms with Crippen LogP contribution in [-0.4, -0.2) is 71.4 Å². The zero-order valence-corrected chi connectivity index (χ0v) is 22.4. The number of aromatic nitrogens is 4. The van der Waals surface area contributed by atoms with Gasteiger partial charge in [-0.15, -0.1) is 0 Å². The molecular weight excluding hydrogens is 556 g/mol. The molecule has 5 aromatic rings. The van der Waals surface area contributed by atoms with Gasteiger partial charge in [0.2, 0.25) is 17.2 Å². The molecule has 2 aromatic heterocycles. The number of rotatable bonds is 8. The second kappa shape index (κ2) is 10.8. The van der Waals surface area contributed by atoms with E-state index < -0.39 is 53.2 Å². The number of carbonyl (C=O) groups is 3. The first kappa shape index (κ1) is 27.8. The zero-order chi connectivity index (χ0) is 30.2. The zero-order valence-electron chi connectivity index (χ0n) is 22.4. The van der Waals surface area contributed by atoms with Crippen LogP contribution < -0.4 is 5.56 Å². The number of aliphatic hydroxyl groups is 2. The number of nitrogens with zero attached hydrogens (tertiary/aromatic N) is 3. The second-order valence-corrected chi connectivity index (χ2v) is 9.92. The number of fused-ring (bicyclic) bond motifs is 1. The van der Waals surface area contributed by atoms with Crippen molar-refractivity contribution in [1.29, 1.82) is 0 Å². The molecule has 0 radical (unpaired) electrons. The Morgan fingerprint density at radius 3 is 1.95 bits per heavy atom. The maximum Gasteiger partial charge on any atom is 0.338 e. The third-order valence-corrected chi connectivity index (χ3v) is 7.46. The van der Waals surface area contributed by atoms with E-state index >= 15 is 0 Å². The summed E-state index contributed by atoms with van der Waals surface area (Å²) in [6.45, 7) is -0.739. The molecule has 1 fully saturated rings.